The van der Waals surface area contributed by atoms with Gasteiger partial charge in [-0.05, 0) is 80.9 Å². The van der Waals surface area contributed by atoms with Crippen molar-refractivity contribution in [3.63, 3.8) is 0 Å². The highest BCUT2D eigenvalue weighted by Crippen LogP contribution is 2.51. The first-order valence-electron chi connectivity index (χ1n) is 15.5. The van der Waals surface area contributed by atoms with E-state index >= 15 is 0 Å². The first kappa shape index (κ1) is 27.4. The van der Waals surface area contributed by atoms with Gasteiger partial charge in [0, 0.05) is 33.0 Å². The average Bonchev–Trinajstić information content (AvgIpc) is 3.67. The van der Waals surface area contributed by atoms with Crippen molar-refractivity contribution in [2.45, 2.75) is 38.1 Å². The Morgan fingerprint density at radius 3 is 2.24 bits per heavy atom. The van der Waals surface area contributed by atoms with Crippen molar-refractivity contribution in [2.75, 3.05) is 0 Å². The number of imidazole rings is 1. The minimum Gasteiger partial charge on any atom is -0.315 e. The van der Waals surface area contributed by atoms with Gasteiger partial charge in [-0.3, -0.25) is 0 Å². The lowest BCUT2D eigenvalue weighted by Crippen LogP contribution is -2.29. The van der Waals surface area contributed by atoms with Gasteiger partial charge in [-0.2, -0.15) is 13.8 Å². The molecule has 0 bridgehead atoms. The summed E-state index contributed by atoms with van der Waals surface area (Å²) in [6, 6.07) is 32.8. The van der Waals surface area contributed by atoms with E-state index in [0.717, 1.165) is 34.6 Å². The van der Waals surface area contributed by atoms with E-state index < -0.39 is 11.9 Å². The zero-order valence-electron chi connectivity index (χ0n) is 25.6. The van der Waals surface area contributed by atoms with Crippen LogP contribution < -0.4 is 0 Å². The number of rotatable bonds is 3. The van der Waals surface area contributed by atoms with E-state index in [1.807, 2.05) is 23.5 Å². The summed E-state index contributed by atoms with van der Waals surface area (Å²) in [5, 5.41) is 1.22. The molecule has 224 valence electrons. The zero-order valence-corrected chi connectivity index (χ0v) is 26.4. The summed E-state index contributed by atoms with van der Waals surface area (Å²) in [6.07, 6.45) is 4.48. The molecule has 4 aromatic carbocycles. The Bertz CT molecular complexity index is 2430. The van der Waals surface area contributed by atoms with Gasteiger partial charge in [0.15, 0.2) is 0 Å². The van der Waals surface area contributed by atoms with Gasteiger partial charge in [-0.1, -0.05) is 93.6 Å². The predicted molar refractivity (Wildman–Crippen MR) is 184 cm³/mol. The van der Waals surface area contributed by atoms with E-state index in [0.29, 0.717) is 11.1 Å². The lowest BCUT2D eigenvalue weighted by atomic mass is 9.79. The normalized spacial score (nSPS) is 17.8. The molecule has 0 saturated heterocycles. The molecule has 0 spiro atoms. The summed E-state index contributed by atoms with van der Waals surface area (Å²) < 4.78 is 31.7. The predicted octanol–water partition coefficient (Wildman–Crippen LogP) is 10.5. The van der Waals surface area contributed by atoms with Crippen molar-refractivity contribution >= 4 is 37.8 Å². The number of allylic oxidation sites excluding steroid dienone is 1. The minimum atomic E-state index is -0.819. The van der Waals surface area contributed by atoms with Crippen molar-refractivity contribution in [2.24, 2.45) is 0 Å². The van der Waals surface area contributed by atoms with Crippen LogP contribution in [0.2, 0.25) is 0 Å². The van der Waals surface area contributed by atoms with E-state index in [1.54, 1.807) is 0 Å². The topological polar surface area (TPSA) is 30.7 Å². The highest BCUT2D eigenvalue weighted by molar-refractivity contribution is 7.25. The van der Waals surface area contributed by atoms with Crippen molar-refractivity contribution in [1.29, 1.82) is 0 Å². The first-order valence-corrected chi connectivity index (χ1v) is 16.3. The van der Waals surface area contributed by atoms with E-state index in [-0.39, 0.29) is 10.8 Å². The maximum absolute atomic E-state index is 14.6. The van der Waals surface area contributed by atoms with Gasteiger partial charge in [0.2, 0.25) is 11.9 Å². The van der Waals surface area contributed by atoms with Crippen LogP contribution in [0.3, 0.4) is 0 Å². The Kier molecular flexibility index (Phi) is 5.68. The fraction of sp³-hybridized carbons (Fsp3) is 0.150. The molecule has 1 aliphatic carbocycles. The molecule has 7 aromatic rings. The molecule has 3 nitrogen and oxygen atoms in total. The molecule has 0 fully saturated rings. The van der Waals surface area contributed by atoms with Gasteiger partial charge in [-0.25, -0.2) is 4.98 Å². The fourth-order valence-electron chi connectivity index (χ4n) is 7.46. The Morgan fingerprint density at radius 1 is 0.717 bits per heavy atom. The van der Waals surface area contributed by atoms with E-state index in [2.05, 4.69) is 115 Å². The average molecular weight is 622 g/mol. The van der Waals surface area contributed by atoms with Gasteiger partial charge in [0.25, 0.3) is 0 Å². The third-order valence-corrected chi connectivity index (χ3v) is 11.2. The number of nitrogens with zero attached hydrogens (tertiary/aromatic N) is 3. The number of halogens is 2. The largest absolute Gasteiger partial charge is 0.315 e. The molecule has 46 heavy (non-hydrogen) atoms. The van der Waals surface area contributed by atoms with Gasteiger partial charge in [-0.15, -0.1) is 11.3 Å². The maximum Gasteiger partial charge on any atom is 0.223 e. The molecule has 0 radical (unpaired) electrons. The van der Waals surface area contributed by atoms with Crippen LogP contribution in [0.15, 0.2) is 103 Å². The van der Waals surface area contributed by atoms with Crippen LogP contribution in [0.1, 0.15) is 43.3 Å². The van der Waals surface area contributed by atoms with Gasteiger partial charge >= 0.3 is 0 Å². The SMILES string of the molecule is CC1(c2cccc(-c3ccc4c(c3)C(C)(C)c3cc(-c5ccc(F)nc5F)ccc3-4)c2)C=Cc2nc3c4ccccc4sc3n2C1. The third-order valence-electron chi connectivity index (χ3n) is 10.0. The van der Waals surface area contributed by atoms with Crippen LogP contribution in [0, 0.1) is 11.9 Å². The number of aromatic nitrogens is 3. The minimum absolute atomic E-state index is 0.195. The molecule has 0 amide bonds. The second-order valence-corrected chi connectivity index (χ2v) is 14.3. The molecule has 1 aliphatic heterocycles. The highest BCUT2D eigenvalue weighted by Gasteiger charge is 2.36. The Labute approximate surface area is 269 Å². The number of benzene rings is 4. The fourth-order valence-corrected chi connectivity index (χ4v) is 8.61. The van der Waals surface area contributed by atoms with E-state index in [4.69, 9.17) is 4.98 Å². The number of hydrogen-bond acceptors (Lipinski definition) is 3. The summed E-state index contributed by atoms with van der Waals surface area (Å²) in [5.41, 5.74) is 9.87. The Balaban J connectivity index is 1.07. The molecule has 9 rings (SSSR count). The molecule has 4 heterocycles. The number of thiophene rings is 1. The van der Waals surface area contributed by atoms with Crippen LogP contribution >= 0.6 is 11.3 Å². The molecule has 2 aliphatic rings. The standard InChI is InChI=1S/C40H29F2N3S/c1-39(2)31-20-24(11-13-28(31)29-14-12-25(21-32(29)39)27-15-16-34(41)43-37(27)42)23-7-6-8-26(19-23)40(3)18-17-35-44-36-30-9-4-5-10-33(30)46-38(36)45(35)22-40/h4-21H,22H2,1-3H3. The van der Waals surface area contributed by atoms with Crippen LogP contribution in [-0.2, 0) is 17.4 Å². The summed E-state index contributed by atoms with van der Waals surface area (Å²) in [5.74, 6) is -0.600. The number of fused-ring (bicyclic) bond motifs is 8. The molecule has 3 aromatic heterocycles. The lowest BCUT2D eigenvalue weighted by molar-refractivity contribution is 0.484. The van der Waals surface area contributed by atoms with Crippen LogP contribution in [0.25, 0.3) is 59.9 Å². The van der Waals surface area contributed by atoms with Crippen molar-refractivity contribution in [3.8, 4) is 33.4 Å². The second-order valence-electron chi connectivity index (χ2n) is 13.3. The molecular formula is C40H29F2N3S. The van der Waals surface area contributed by atoms with Gasteiger partial charge in [0.05, 0.1) is 0 Å². The third kappa shape index (κ3) is 3.93. The van der Waals surface area contributed by atoms with Crippen molar-refractivity contribution < 1.29 is 8.78 Å². The maximum atomic E-state index is 14.6. The summed E-state index contributed by atoms with van der Waals surface area (Å²) in [4.78, 5) is 9.64. The summed E-state index contributed by atoms with van der Waals surface area (Å²) in [6.45, 7) is 7.56. The zero-order chi connectivity index (χ0) is 31.4. The van der Waals surface area contributed by atoms with E-state index in [1.165, 1.54) is 49.3 Å². The second kappa shape index (κ2) is 9.54. The first-order chi connectivity index (χ1) is 22.2. The van der Waals surface area contributed by atoms with Gasteiger partial charge in [0.1, 0.15) is 16.2 Å². The van der Waals surface area contributed by atoms with Crippen LogP contribution in [0.5, 0.6) is 0 Å². The van der Waals surface area contributed by atoms with Crippen molar-refractivity contribution in [1.82, 2.24) is 14.5 Å². The molecule has 0 N–H and O–H groups in total. The molecule has 1 atom stereocenters. The van der Waals surface area contributed by atoms with Crippen LogP contribution in [-0.4, -0.2) is 14.5 Å². The molecule has 0 saturated carbocycles. The molecule has 1 unspecified atom stereocenters. The Morgan fingerprint density at radius 2 is 1.43 bits per heavy atom. The van der Waals surface area contributed by atoms with E-state index in [9.17, 15) is 8.78 Å². The number of hydrogen-bond donors (Lipinski definition) is 0. The molecule has 6 heteroatoms. The lowest BCUT2D eigenvalue weighted by Gasteiger charge is -2.31. The van der Waals surface area contributed by atoms with Crippen molar-refractivity contribution in [3.05, 3.63) is 138 Å². The van der Waals surface area contributed by atoms with Gasteiger partial charge < -0.3 is 4.57 Å². The Hall–Kier alpha value is -4.94. The highest BCUT2D eigenvalue weighted by atomic mass is 32.1. The smallest absolute Gasteiger partial charge is 0.223 e. The summed E-state index contributed by atoms with van der Waals surface area (Å²) in [7, 11) is 0. The van der Waals surface area contributed by atoms with Crippen LogP contribution in [0.4, 0.5) is 8.78 Å². The number of pyridine rings is 1. The quantitative estimate of drug-likeness (QED) is 0.184. The molecular weight excluding hydrogens is 593 g/mol. The summed E-state index contributed by atoms with van der Waals surface area (Å²) >= 11 is 1.82. The monoisotopic (exact) mass is 621 g/mol.